The van der Waals surface area contributed by atoms with E-state index in [0.29, 0.717) is 6.54 Å². The van der Waals surface area contributed by atoms with Crippen LogP contribution in [0.2, 0.25) is 0 Å². The SMILES string of the molecule is COC[C@H](C(=O)NCc1ccccc1)N(C(=O)O)C(C)(C)C. The minimum Gasteiger partial charge on any atom is -0.465 e. The summed E-state index contributed by atoms with van der Waals surface area (Å²) >= 11 is 0. The number of nitrogens with zero attached hydrogens (tertiary/aromatic N) is 1. The molecule has 1 rings (SSSR count). The van der Waals surface area contributed by atoms with Crippen LogP contribution in [0.5, 0.6) is 0 Å². The average Bonchev–Trinajstić information content (AvgIpc) is 2.43. The number of carboxylic acid groups (broad SMARTS) is 1. The van der Waals surface area contributed by atoms with Crippen molar-refractivity contribution in [3.05, 3.63) is 35.9 Å². The fraction of sp³-hybridized carbons (Fsp3) is 0.500. The van der Waals surface area contributed by atoms with E-state index in [0.717, 1.165) is 10.5 Å². The molecule has 0 saturated carbocycles. The van der Waals surface area contributed by atoms with Crippen molar-refractivity contribution in [1.29, 1.82) is 0 Å². The summed E-state index contributed by atoms with van der Waals surface area (Å²) in [5, 5.41) is 12.2. The minimum atomic E-state index is -1.15. The first-order valence-electron chi connectivity index (χ1n) is 7.10. The number of rotatable bonds is 6. The number of methoxy groups -OCH3 is 1. The summed E-state index contributed by atoms with van der Waals surface area (Å²) < 4.78 is 5.04. The highest BCUT2D eigenvalue weighted by Crippen LogP contribution is 2.18. The average molecular weight is 308 g/mol. The summed E-state index contributed by atoms with van der Waals surface area (Å²) in [4.78, 5) is 25.1. The number of carbonyl (C=O) groups excluding carboxylic acids is 1. The van der Waals surface area contributed by atoms with Crippen LogP contribution in [-0.2, 0) is 16.1 Å². The Labute approximate surface area is 131 Å². The molecule has 1 atom stereocenters. The van der Waals surface area contributed by atoms with Crippen LogP contribution in [0.3, 0.4) is 0 Å². The van der Waals surface area contributed by atoms with Gasteiger partial charge >= 0.3 is 6.09 Å². The molecule has 0 saturated heterocycles. The van der Waals surface area contributed by atoms with Crippen LogP contribution in [-0.4, -0.2) is 47.3 Å². The third-order valence-electron chi connectivity index (χ3n) is 3.18. The van der Waals surface area contributed by atoms with E-state index in [-0.39, 0.29) is 12.5 Å². The van der Waals surface area contributed by atoms with Gasteiger partial charge in [-0.25, -0.2) is 4.79 Å². The first kappa shape index (κ1) is 18.0. The highest BCUT2D eigenvalue weighted by Gasteiger charge is 2.37. The Morgan fingerprint density at radius 3 is 2.32 bits per heavy atom. The molecule has 0 bridgehead atoms. The van der Waals surface area contributed by atoms with Gasteiger partial charge in [0.2, 0.25) is 5.91 Å². The number of benzene rings is 1. The molecule has 0 aliphatic heterocycles. The molecule has 1 aromatic rings. The van der Waals surface area contributed by atoms with E-state index in [1.807, 2.05) is 30.3 Å². The van der Waals surface area contributed by atoms with Gasteiger partial charge in [0.25, 0.3) is 0 Å². The summed E-state index contributed by atoms with van der Waals surface area (Å²) in [6.07, 6.45) is -1.15. The predicted octanol–water partition coefficient (Wildman–Crippen LogP) is 2.10. The van der Waals surface area contributed by atoms with Gasteiger partial charge in [0, 0.05) is 19.2 Å². The van der Waals surface area contributed by atoms with Crippen molar-refractivity contribution in [2.45, 2.75) is 38.9 Å². The number of hydrogen-bond acceptors (Lipinski definition) is 3. The first-order chi connectivity index (χ1) is 10.3. The number of carbonyl (C=O) groups is 2. The molecule has 1 aromatic carbocycles. The molecule has 6 heteroatoms. The van der Waals surface area contributed by atoms with Crippen LogP contribution in [0, 0.1) is 0 Å². The predicted molar refractivity (Wildman–Crippen MR) is 83.6 cm³/mol. The van der Waals surface area contributed by atoms with Gasteiger partial charge < -0.3 is 15.2 Å². The summed E-state index contributed by atoms with van der Waals surface area (Å²) in [7, 11) is 1.44. The zero-order chi connectivity index (χ0) is 16.8. The van der Waals surface area contributed by atoms with Crippen LogP contribution in [0.25, 0.3) is 0 Å². The van der Waals surface area contributed by atoms with Gasteiger partial charge in [-0.3, -0.25) is 9.69 Å². The molecular formula is C16H24N2O4. The lowest BCUT2D eigenvalue weighted by atomic mass is 10.0. The first-order valence-corrected chi connectivity index (χ1v) is 7.10. The Kier molecular flexibility index (Phi) is 6.37. The van der Waals surface area contributed by atoms with E-state index < -0.39 is 17.7 Å². The normalized spacial score (nSPS) is 12.5. The standard InChI is InChI=1S/C16H24N2O4/c1-16(2,3)18(15(20)21)13(11-22-4)14(19)17-10-12-8-6-5-7-9-12/h5-9,13H,10-11H2,1-4H3,(H,17,19)(H,20,21)/t13-/m1/s1. The zero-order valence-electron chi connectivity index (χ0n) is 13.5. The second-order valence-electron chi connectivity index (χ2n) is 6.00. The van der Waals surface area contributed by atoms with Gasteiger partial charge in [-0.1, -0.05) is 30.3 Å². The Morgan fingerprint density at radius 1 is 1.27 bits per heavy atom. The topological polar surface area (TPSA) is 78.9 Å². The molecular weight excluding hydrogens is 284 g/mol. The van der Waals surface area contributed by atoms with Crippen molar-refractivity contribution in [3.8, 4) is 0 Å². The molecule has 0 spiro atoms. The Bertz CT molecular complexity index is 497. The number of amides is 2. The van der Waals surface area contributed by atoms with Gasteiger partial charge in [-0.05, 0) is 26.3 Å². The Hall–Kier alpha value is -2.08. The molecule has 0 radical (unpaired) electrons. The zero-order valence-corrected chi connectivity index (χ0v) is 13.5. The van der Waals surface area contributed by atoms with Crippen molar-refractivity contribution in [2.24, 2.45) is 0 Å². The van der Waals surface area contributed by atoms with E-state index in [4.69, 9.17) is 4.74 Å². The molecule has 0 unspecified atom stereocenters. The monoisotopic (exact) mass is 308 g/mol. The van der Waals surface area contributed by atoms with E-state index in [1.165, 1.54) is 7.11 Å². The molecule has 0 fully saturated rings. The summed E-state index contributed by atoms with van der Waals surface area (Å²) in [6, 6.07) is 8.55. The third kappa shape index (κ3) is 5.04. The number of nitrogens with one attached hydrogen (secondary N) is 1. The maximum atomic E-state index is 12.4. The molecule has 2 N–H and O–H groups in total. The molecule has 122 valence electrons. The molecule has 6 nitrogen and oxygen atoms in total. The lowest BCUT2D eigenvalue weighted by molar-refractivity contribution is -0.129. The van der Waals surface area contributed by atoms with Crippen molar-refractivity contribution >= 4 is 12.0 Å². The van der Waals surface area contributed by atoms with Crippen LogP contribution in [0.4, 0.5) is 4.79 Å². The fourth-order valence-electron chi connectivity index (χ4n) is 2.22. The minimum absolute atomic E-state index is 0.00416. The highest BCUT2D eigenvalue weighted by molar-refractivity contribution is 5.85. The van der Waals surface area contributed by atoms with Crippen LogP contribution >= 0.6 is 0 Å². The Balaban J connectivity index is 2.84. The quantitative estimate of drug-likeness (QED) is 0.843. The summed E-state index contributed by atoms with van der Waals surface area (Å²) in [5.41, 5.74) is 0.240. The molecule has 0 heterocycles. The highest BCUT2D eigenvalue weighted by atomic mass is 16.5. The van der Waals surface area contributed by atoms with Crippen LogP contribution in [0.15, 0.2) is 30.3 Å². The second-order valence-corrected chi connectivity index (χ2v) is 6.00. The van der Waals surface area contributed by atoms with Crippen LogP contribution < -0.4 is 5.32 Å². The van der Waals surface area contributed by atoms with E-state index in [1.54, 1.807) is 20.8 Å². The molecule has 0 aliphatic rings. The van der Waals surface area contributed by atoms with Crippen molar-refractivity contribution in [2.75, 3.05) is 13.7 Å². The lowest BCUT2D eigenvalue weighted by Crippen LogP contribution is -2.58. The van der Waals surface area contributed by atoms with E-state index in [2.05, 4.69) is 5.32 Å². The summed E-state index contributed by atoms with van der Waals surface area (Å²) in [5.74, 6) is -0.372. The molecule has 0 aliphatic carbocycles. The lowest BCUT2D eigenvalue weighted by Gasteiger charge is -2.38. The van der Waals surface area contributed by atoms with Gasteiger partial charge in [-0.2, -0.15) is 0 Å². The Morgan fingerprint density at radius 2 is 1.86 bits per heavy atom. The van der Waals surface area contributed by atoms with Gasteiger partial charge in [0.05, 0.1) is 6.61 Å². The molecule has 2 amide bonds. The van der Waals surface area contributed by atoms with Crippen molar-refractivity contribution < 1.29 is 19.4 Å². The van der Waals surface area contributed by atoms with Gasteiger partial charge in [0.15, 0.2) is 0 Å². The maximum absolute atomic E-state index is 12.4. The van der Waals surface area contributed by atoms with Gasteiger partial charge in [0.1, 0.15) is 6.04 Å². The van der Waals surface area contributed by atoms with Crippen molar-refractivity contribution in [3.63, 3.8) is 0 Å². The third-order valence-corrected chi connectivity index (χ3v) is 3.18. The summed E-state index contributed by atoms with van der Waals surface area (Å²) in [6.45, 7) is 5.58. The fourth-order valence-corrected chi connectivity index (χ4v) is 2.22. The van der Waals surface area contributed by atoms with Crippen molar-refractivity contribution in [1.82, 2.24) is 10.2 Å². The number of hydrogen-bond donors (Lipinski definition) is 2. The molecule has 0 aromatic heterocycles. The second kappa shape index (κ2) is 7.79. The van der Waals surface area contributed by atoms with E-state index in [9.17, 15) is 14.7 Å². The number of ether oxygens (including phenoxy) is 1. The maximum Gasteiger partial charge on any atom is 0.408 e. The smallest absolute Gasteiger partial charge is 0.408 e. The van der Waals surface area contributed by atoms with Crippen LogP contribution in [0.1, 0.15) is 26.3 Å². The van der Waals surface area contributed by atoms with Gasteiger partial charge in [-0.15, -0.1) is 0 Å². The largest absolute Gasteiger partial charge is 0.465 e. The molecule has 22 heavy (non-hydrogen) atoms. The van der Waals surface area contributed by atoms with E-state index >= 15 is 0 Å².